The van der Waals surface area contributed by atoms with Crippen molar-refractivity contribution < 1.29 is 18.0 Å². The molecule has 0 bridgehead atoms. The summed E-state index contributed by atoms with van der Waals surface area (Å²) in [4.78, 5) is 24.6. The van der Waals surface area contributed by atoms with Gasteiger partial charge in [-0.05, 0) is 43.2 Å². The Morgan fingerprint density at radius 1 is 1.19 bits per heavy atom. The molecular weight excluding hydrogens is 364 g/mol. The highest BCUT2D eigenvalue weighted by atomic mass is 32.2. The van der Waals surface area contributed by atoms with Crippen LogP contribution >= 0.6 is 0 Å². The van der Waals surface area contributed by atoms with Crippen molar-refractivity contribution in [1.82, 2.24) is 10.6 Å². The van der Waals surface area contributed by atoms with E-state index in [4.69, 9.17) is 0 Å². The minimum atomic E-state index is -3.45. The van der Waals surface area contributed by atoms with Crippen molar-refractivity contribution in [3.63, 3.8) is 0 Å². The van der Waals surface area contributed by atoms with E-state index in [0.717, 1.165) is 12.8 Å². The van der Waals surface area contributed by atoms with Crippen molar-refractivity contribution in [2.45, 2.75) is 56.5 Å². The van der Waals surface area contributed by atoms with E-state index in [1.54, 1.807) is 30.3 Å². The average molecular weight is 393 g/mol. The highest BCUT2D eigenvalue weighted by molar-refractivity contribution is 7.91. The van der Waals surface area contributed by atoms with Crippen LogP contribution < -0.4 is 10.6 Å². The van der Waals surface area contributed by atoms with Crippen LogP contribution in [0.1, 0.15) is 39.5 Å². The summed E-state index contributed by atoms with van der Waals surface area (Å²) in [5, 5.41) is 6.06. The molecular formula is C20H28N2O4S. The van der Waals surface area contributed by atoms with E-state index < -0.39 is 9.84 Å². The van der Waals surface area contributed by atoms with E-state index in [0.29, 0.717) is 18.3 Å². The van der Waals surface area contributed by atoms with Gasteiger partial charge in [-0.3, -0.25) is 9.59 Å². The molecule has 27 heavy (non-hydrogen) atoms. The summed E-state index contributed by atoms with van der Waals surface area (Å²) in [6.07, 6.45) is 2.49. The Hall–Kier alpha value is -1.89. The molecule has 5 unspecified atom stereocenters. The van der Waals surface area contributed by atoms with Gasteiger partial charge in [0.25, 0.3) is 0 Å². The maximum atomic E-state index is 12.3. The molecule has 1 saturated heterocycles. The third kappa shape index (κ3) is 4.51. The first-order chi connectivity index (χ1) is 12.8. The van der Waals surface area contributed by atoms with Gasteiger partial charge in [-0.15, -0.1) is 0 Å². The van der Waals surface area contributed by atoms with Crippen molar-refractivity contribution >= 4 is 21.7 Å². The van der Waals surface area contributed by atoms with E-state index in [1.165, 1.54) is 0 Å². The highest BCUT2D eigenvalue weighted by Crippen LogP contribution is 2.37. The minimum absolute atomic E-state index is 0.0147. The molecule has 1 aliphatic heterocycles. The molecule has 7 heteroatoms. The molecule has 0 aromatic heterocycles. The van der Waals surface area contributed by atoms with Gasteiger partial charge in [-0.25, -0.2) is 8.42 Å². The van der Waals surface area contributed by atoms with Crippen LogP contribution in [0, 0.1) is 17.8 Å². The summed E-state index contributed by atoms with van der Waals surface area (Å²) in [7, 11) is -3.45. The van der Waals surface area contributed by atoms with Gasteiger partial charge in [0.05, 0.1) is 10.6 Å². The third-order valence-electron chi connectivity index (χ3n) is 6.17. The van der Waals surface area contributed by atoms with Gasteiger partial charge in [0.2, 0.25) is 11.8 Å². The lowest BCUT2D eigenvalue weighted by Crippen LogP contribution is -2.57. The van der Waals surface area contributed by atoms with Crippen molar-refractivity contribution in [3.05, 3.63) is 30.3 Å². The standard InChI is InChI=1S/C20H28N2O4S/c1-13-14(2)20(24)22-18-12-15(8-9-17(13)18)21-19(23)10-11-27(25,26)16-6-4-3-5-7-16/h3-7,13-15,17-18H,8-12H2,1-2H3,(H,21,23)(H,22,24). The number of carbonyl (C=O) groups excluding carboxylic acids is 2. The van der Waals surface area contributed by atoms with Crippen molar-refractivity contribution in [2.75, 3.05) is 5.75 Å². The molecule has 148 valence electrons. The Kier molecular flexibility index (Phi) is 5.89. The van der Waals surface area contributed by atoms with Crippen molar-refractivity contribution in [2.24, 2.45) is 17.8 Å². The summed E-state index contributed by atoms with van der Waals surface area (Å²) < 4.78 is 24.6. The zero-order valence-corrected chi connectivity index (χ0v) is 16.7. The zero-order chi connectivity index (χ0) is 19.6. The largest absolute Gasteiger partial charge is 0.353 e. The number of benzene rings is 1. The Bertz CT molecular complexity index is 793. The van der Waals surface area contributed by atoms with E-state index in [1.807, 2.05) is 6.92 Å². The summed E-state index contributed by atoms with van der Waals surface area (Å²) in [5.41, 5.74) is 0. The van der Waals surface area contributed by atoms with Gasteiger partial charge in [-0.1, -0.05) is 32.0 Å². The van der Waals surface area contributed by atoms with Crippen LogP contribution in [0.2, 0.25) is 0 Å². The Morgan fingerprint density at radius 3 is 2.59 bits per heavy atom. The molecule has 1 saturated carbocycles. The fraction of sp³-hybridized carbons (Fsp3) is 0.600. The number of piperidine rings is 1. The molecule has 1 heterocycles. The first-order valence-electron chi connectivity index (χ1n) is 9.65. The molecule has 2 fully saturated rings. The first-order valence-corrected chi connectivity index (χ1v) is 11.3. The Morgan fingerprint density at radius 2 is 1.89 bits per heavy atom. The van der Waals surface area contributed by atoms with Gasteiger partial charge in [-0.2, -0.15) is 0 Å². The maximum Gasteiger partial charge on any atom is 0.223 e. The quantitative estimate of drug-likeness (QED) is 0.801. The maximum absolute atomic E-state index is 12.3. The number of rotatable bonds is 5. The fourth-order valence-electron chi connectivity index (χ4n) is 4.32. The lowest BCUT2D eigenvalue weighted by molar-refractivity contribution is -0.132. The van der Waals surface area contributed by atoms with Crippen molar-refractivity contribution in [1.29, 1.82) is 0 Å². The van der Waals surface area contributed by atoms with Crippen LogP contribution in [0.3, 0.4) is 0 Å². The number of nitrogens with one attached hydrogen (secondary N) is 2. The van der Waals surface area contributed by atoms with Crippen LogP contribution in [-0.2, 0) is 19.4 Å². The first kappa shape index (κ1) is 19.9. The van der Waals surface area contributed by atoms with E-state index in [9.17, 15) is 18.0 Å². The van der Waals surface area contributed by atoms with Crippen LogP contribution in [0.4, 0.5) is 0 Å². The predicted molar refractivity (Wildman–Crippen MR) is 103 cm³/mol. The Labute approximate surface area is 161 Å². The molecule has 5 atom stereocenters. The third-order valence-corrected chi connectivity index (χ3v) is 7.91. The summed E-state index contributed by atoms with van der Waals surface area (Å²) in [6, 6.07) is 8.27. The molecule has 3 rings (SSSR count). The normalized spacial score (nSPS) is 30.9. The second-order valence-electron chi connectivity index (χ2n) is 7.89. The second-order valence-corrected chi connectivity index (χ2v) is 10.00. The number of hydrogen-bond acceptors (Lipinski definition) is 4. The molecule has 6 nitrogen and oxygen atoms in total. The van der Waals surface area contributed by atoms with Gasteiger partial charge >= 0.3 is 0 Å². The summed E-state index contributed by atoms with van der Waals surface area (Å²) in [6.45, 7) is 4.10. The van der Waals surface area contributed by atoms with Crippen LogP contribution in [0.5, 0.6) is 0 Å². The molecule has 1 aromatic carbocycles. The number of fused-ring (bicyclic) bond motifs is 1. The van der Waals surface area contributed by atoms with Crippen molar-refractivity contribution in [3.8, 4) is 0 Å². The number of amides is 2. The molecule has 0 radical (unpaired) electrons. The highest BCUT2D eigenvalue weighted by Gasteiger charge is 2.42. The van der Waals surface area contributed by atoms with E-state index >= 15 is 0 Å². The van der Waals surface area contributed by atoms with Gasteiger partial charge in [0.15, 0.2) is 9.84 Å². The number of carbonyl (C=O) groups is 2. The molecule has 0 spiro atoms. The second kappa shape index (κ2) is 8.00. The average Bonchev–Trinajstić information content (AvgIpc) is 2.65. The fourth-order valence-corrected chi connectivity index (χ4v) is 5.58. The van der Waals surface area contributed by atoms with Gasteiger partial charge < -0.3 is 10.6 Å². The van der Waals surface area contributed by atoms with Gasteiger partial charge in [0.1, 0.15) is 0 Å². The summed E-state index contributed by atoms with van der Waals surface area (Å²) in [5.74, 6) is 0.458. The number of hydrogen-bond donors (Lipinski definition) is 2. The lowest BCUT2D eigenvalue weighted by atomic mass is 9.68. The zero-order valence-electron chi connectivity index (χ0n) is 15.9. The SMILES string of the molecule is CC1C(=O)NC2CC(NC(=O)CCS(=O)(=O)c3ccccc3)CCC2C1C. The van der Waals surface area contributed by atoms with Gasteiger partial charge in [0, 0.05) is 24.4 Å². The van der Waals surface area contributed by atoms with Crippen LogP contribution in [0.15, 0.2) is 35.2 Å². The topological polar surface area (TPSA) is 92.3 Å². The molecule has 1 aliphatic carbocycles. The van der Waals surface area contributed by atoms with E-state index in [2.05, 4.69) is 17.6 Å². The minimum Gasteiger partial charge on any atom is -0.353 e. The predicted octanol–water partition coefficient (Wildman–Crippen LogP) is 1.91. The van der Waals surface area contributed by atoms with Crippen LogP contribution in [0.25, 0.3) is 0 Å². The van der Waals surface area contributed by atoms with E-state index in [-0.39, 0.29) is 46.9 Å². The molecule has 1 aromatic rings. The summed E-state index contributed by atoms with van der Waals surface area (Å²) >= 11 is 0. The smallest absolute Gasteiger partial charge is 0.223 e. The monoisotopic (exact) mass is 392 g/mol. The lowest BCUT2D eigenvalue weighted by Gasteiger charge is -2.45. The number of sulfone groups is 1. The Balaban J connectivity index is 1.51. The van der Waals surface area contributed by atoms with Crippen LogP contribution in [-0.4, -0.2) is 38.1 Å². The molecule has 2 aliphatic rings. The molecule has 2 amide bonds. The molecule has 2 N–H and O–H groups in total.